The van der Waals surface area contributed by atoms with Gasteiger partial charge in [-0.2, -0.15) is 0 Å². The van der Waals surface area contributed by atoms with Crippen molar-refractivity contribution < 1.29 is 4.79 Å². The lowest BCUT2D eigenvalue weighted by atomic mass is 9.82. The van der Waals surface area contributed by atoms with Crippen LogP contribution >= 0.6 is 0 Å². The Bertz CT molecular complexity index is 399. The molecule has 0 atom stereocenters. The fourth-order valence-corrected chi connectivity index (χ4v) is 2.23. The van der Waals surface area contributed by atoms with E-state index in [1.54, 1.807) is 12.5 Å². The highest BCUT2D eigenvalue weighted by molar-refractivity contribution is 5.92. The zero-order chi connectivity index (χ0) is 12.5. The number of imidazole rings is 1. The minimum Gasteiger partial charge on any atom is -0.337 e. The number of carbonyl (C=O) groups excluding carboxylic acids is 1. The first-order valence-electron chi connectivity index (χ1n) is 6.33. The van der Waals surface area contributed by atoms with Gasteiger partial charge in [0.15, 0.2) is 0 Å². The second-order valence-corrected chi connectivity index (χ2v) is 5.52. The van der Waals surface area contributed by atoms with Crippen molar-refractivity contribution in [2.45, 2.75) is 40.2 Å². The van der Waals surface area contributed by atoms with Crippen LogP contribution in [0.3, 0.4) is 0 Å². The predicted molar refractivity (Wildman–Crippen MR) is 66.8 cm³/mol. The zero-order valence-electron chi connectivity index (χ0n) is 10.9. The van der Waals surface area contributed by atoms with E-state index in [4.69, 9.17) is 0 Å². The van der Waals surface area contributed by atoms with Crippen LogP contribution in [0.25, 0.3) is 0 Å². The Kier molecular flexibility index (Phi) is 3.22. The Morgan fingerprint density at radius 3 is 2.65 bits per heavy atom. The molecule has 0 bridgehead atoms. The fraction of sp³-hybridized carbons (Fsp3) is 0.692. The maximum atomic E-state index is 12.3. The molecule has 0 radical (unpaired) electrons. The average molecular weight is 235 g/mol. The standard InChI is InChI=1S/C13H21N3O/c1-4-15-10-14-9-11(15)12(17)16-7-5-13(2,3)6-8-16/h9-10H,4-8H2,1-3H3. The molecule has 94 valence electrons. The maximum Gasteiger partial charge on any atom is 0.272 e. The number of likely N-dealkylation sites (tertiary alicyclic amines) is 1. The van der Waals surface area contributed by atoms with Crippen LogP contribution < -0.4 is 0 Å². The summed E-state index contributed by atoms with van der Waals surface area (Å²) in [5.74, 6) is 0.125. The van der Waals surface area contributed by atoms with E-state index in [1.165, 1.54) is 0 Å². The van der Waals surface area contributed by atoms with Crippen molar-refractivity contribution >= 4 is 5.91 Å². The third-order valence-electron chi connectivity index (χ3n) is 3.68. The van der Waals surface area contributed by atoms with Crippen molar-refractivity contribution in [3.63, 3.8) is 0 Å². The quantitative estimate of drug-likeness (QED) is 0.788. The van der Waals surface area contributed by atoms with E-state index >= 15 is 0 Å². The van der Waals surface area contributed by atoms with E-state index in [0.717, 1.165) is 32.5 Å². The summed E-state index contributed by atoms with van der Waals surface area (Å²) >= 11 is 0. The first-order chi connectivity index (χ1) is 8.03. The molecule has 0 spiro atoms. The number of carbonyl (C=O) groups is 1. The molecule has 4 heteroatoms. The molecule has 1 aliphatic heterocycles. The van der Waals surface area contributed by atoms with Gasteiger partial charge in [-0.3, -0.25) is 4.79 Å². The van der Waals surface area contributed by atoms with Gasteiger partial charge in [0.25, 0.3) is 5.91 Å². The van der Waals surface area contributed by atoms with E-state index in [1.807, 2.05) is 16.4 Å². The van der Waals surface area contributed by atoms with Crippen molar-refractivity contribution in [2.24, 2.45) is 5.41 Å². The maximum absolute atomic E-state index is 12.3. The minimum absolute atomic E-state index is 0.125. The first-order valence-corrected chi connectivity index (χ1v) is 6.33. The first kappa shape index (κ1) is 12.1. The van der Waals surface area contributed by atoms with Gasteiger partial charge in [0.1, 0.15) is 5.69 Å². The smallest absolute Gasteiger partial charge is 0.272 e. The molecule has 0 aromatic carbocycles. The van der Waals surface area contributed by atoms with Crippen LogP contribution in [0, 0.1) is 5.41 Å². The van der Waals surface area contributed by atoms with Crippen LogP contribution in [-0.2, 0) is 6.54 Å². The van der Waals surface area contributed by atoms with E-state index < -0.39 is 0 Å². The third kappa shape index (κ3) is 2.51. The third-order valence-corrected chi connectivity index (χ3v) is 3.68. The van der Waals surface area contributed by atoms with Gasteiger partial charge in [0.2, 0.25) is 0 Å². The molecule has 1 fully saturated rings. The summed E-state index contributed by atoms with van der Waals surface area (Å²) in [7, 11) is 0. The minimum atomic E-state index is 0.125. The fourth-order valence-electron chi connectivity index (χ4n) is 2.23. The van der Waals surface area contributed by atoms with Gasteiger partial charge >= 0.3 is 0 Å². The predicted octanol–water partition coefficient (Wildman–Crippen LogP) is 2.17. The molecular weight excluding hydrogens is 214 g/mol. The number of piperidine rings is 1. The van der Waals surface area contributed by atoms with Crippen molar-refractivity contribution in [1.82, 2.24) is 14.5 Å². The highest BCUT2D eigenvalue weighted by Gasteiger charge is 2.29. The average Bonchev–Trinajstić information content (AvgIpc) is 2.76. The number of hydrogen-bond acceptors (Lipinski definition) is 2. The molecule has 0 N–H and O–H groups in total. The van der Waals surface area contributed by atoms with Crippen molar-refractivity contribution in [2.75, 3.05) is 13.1 Å². The number of rotatable bonds is 2. The number of nitrogens with zero attached hydrogens (tertiary/aromatic N) is 3. The van der Waals surface area contributed by atoms with Gasteiger partial charge in [-0.25, -0.2) is 4.98 Å². The van der Waals surface area contributed by atoms with Gasteiger partial charge in [0, 0.05) is 19.6 Å². The van der Waals surface area contributed by atoms with Gasteiger partial charge in [-0.1, -0.05) is 13.8 Å². The molecule has 1 amide bonds. The van der Waals surface area contributed by atoms with Crippen LogP contribution in [0.15, 0.2) is 12.5 Å². The summed E-state index contributed by atoms with van der Waals surface area (Å²) in [6.07, 6.45) is 5.56. The number of amides is 1. The summed E-state index contributed by atoms with van der Waals surface area (Å²) in [6.45, 7) is 9.08. The molecule has 1 saturated heterocycles. The van der Waals surface area contributed by atoms with Crippen LogP contribution in [0.5, 0.6) is 0 Å². The summed E-state index contributed by atoms with van der Waals surface area (Å²) < 4.78 is 1.90. The van der Waals surface area contributed by atoms with Crippen molar-refractivity contribution in [3.8, 4) is 0 Å². The SMILES string of the molecule is CCn1cncc1C(=O)N1CCC(C)(C)CC1. The molecule has 0 aliphatic carbocycles. The monoisotopic (exact) mass is 235 g/mol. The Labute approximate surface area is 103 Å². The second kappa shape index (κ2) is 4.51. The highest BCUT2D eigenvalue weighted by atomic mass is 16.2. The zero-order valence-corrected chi connectivity index (χ0v) is 10.9. The van der Waals surface area contributed by atoms with Crippen LogP contribution in [0.1, 0.15) is 44.1 Å². The van der Waals surface area contributed by atoms with Crippen LogP contribution in [0.4, 0.5) is 0 Å². The lowest BCUT2D eigenvalue weighted by molar-refractivity contribution is 0.0619. The normalized spacial score (nSPS) is 19.4. The Morgan fingerprint density at radius 2 is 2.06 bits per heavy atom. The number of aryl methyl sites for hydroxylation is 1. The van der Waals surface area contributed by atoms with Crippen LogP contribution in [-0.4, -0.2) is 33.4 Å². The molecule has 0 unspecified atom stereocenters. The molecule has 2 heterocycles. The lowest BCUT2D eigenvalue weighted by Gasteiger charge is -2.36. The van der Waals surface area contributed by atoms with Crippen molar-refractivity contribution in [3.05, 3.63) is 18.2 Å². The summed E-state index contributed by atoms with van der Waals surface area (Å²) in [5.41, 5.74) is 1.09. The molecule has 1 aromatic rings. The number of aromatic nitrogens is 2. The molecule has 2 rings (SSSR count). The summed E-state index contributed by atoms with van der Waals surface area (Å²) in [6, 6.07) is 0. The molecule has 17 heavy (non-hydrogen) atoms. The Hall–Kier alpha value is -1.32. The number of hydrogen-bond donors (Lipinski definition) is 0. The second-order valence-electron chi connectivity index (χ2n) is 5.52. The van der Waals surface area contributed by atoms with Gasteiger partial charge in [-0.05, 0) is 25.2 Å². The van der Waals surface area contributed by atoms with E-state index in [2.05, 4.69) is 18.8 Å². The Balaban J connectivity index is 2.07. The van der Waals surface area contributed by atoms with E-state index in [9.17, 15) is 4.79 Å². The lowest BCUT2D eigenvalue weighted by Crippen LogP contribution is -2.41. The van der Waals surface area contributed by atoms with Gasteiger partial charge < -0.3 is 9.47 Å². The van der Waals surface area contributed by atoms with Gasteiger partial charge in [0.05, 0.1) is 12.5 Å². The van der Waals surface area contributed by atoms with Gasteiger partial charge in [-0.15, -0.1) is 0 Å². The Morgan fingerprint density at radius 1 is 1.41 bits per heavy atom. The highest BCUT2D eigenvalue weighted by Crippen LogP contribution is 2.30. The van der Waals surface area contributed by atoms with Crippen LogP contribution in [0.2, 0.25) is 0 Å². The molecule has 1 aliphatic rings. The topological polar surface area (TPSA) is 38.1 Å². The van der Waals surface area contributed by atoms with E-state index in [0.29, 0.717) is 11.1 Å². The summed E-state index contributed by atoms with van der Waals surface area (Å²) in [5, 5.41) is 0. The van der Waals surface area contributed by atoms with E-state index in [-0.39, 0.29) is 5.91 Å². The molecule has 0 saturated carbocycles. The molecule has 4 nitrogen and oxygen atoms in total. The summed E-state index contributed by atoms with van der Waals surface area (Å²) in [4.78, 5) is 18.3. The van der Waals surface area contributed by atoms with Crippen molar-refractivity contribution in [1.29, 1.82) is 0 Å². The largest absolute Gasteiger partial charge is 0.337 e. The molecule has 1 aromatic heterocycles. The molecular formula is C13H21N3O.